The number of hydrogen-bond donors (Lipinski definition) is 17. The predicted molar refractivity (Wildman–Crippen MR) is 249 cm³/mol. The van der Waals surface area contributed by atoms with Crippen LogP contribution in [0.1, 0.15) is 44.6 Å². The molecular formula is C36H60N8O26P4. The average Bonchev–Trinajstić information content (AvgIpc) is 3.24. The molecule has 1 fully saturated rings. The van der Waals surface area contributed by atoms with Gasteiger partial charge in [0.2, 0.25) is 23.6 Å². The first kappa shape index (κ1) is 65.0. The van der Waals surface area contributed by atoms with Crippen molar-refractivity contribution in [1.29, 1.82) is 0 Å². The molecule has 0 aromatic heterocycles. The molecule has 420 valence electrons. The molecule has 17 N–H and O–H groups in total. The van der Waals surface area contributed by atoms with Crippen molar-refractivity contribution in [3.8, 4) is 0 Å². The van der Waals surface area contributed by atoms with E-state index in [-0.39, 0.29) is 44.7 Å². The van der Waals surface area contributed by atoms with E-state index < -0.39 is 172 Å². The van der Waals surface area contributed by atoms with Gasteiger partial charge in [-0.1, -0.05) is 12.1 Å². The first-order valence-electron chi connectivity index (χ1n) is 21.6. The summed E-state index contributed by atoms with van der Waals surface area (Å²) in [7, 11) is -23.8. The molecule has 1 aliphatic heterocycles. The number of carbonyl (C=O) groups excluding carboxylic acids is 4. The van der Waals surface area contributed by atoms with Gasteiger partial charge >= 0.3 is 54.6 Å². The van der Waals surface area contributed by atoms with Crippen LogP contribution in [-0.2, 0) is 48.7 Å². The Bertz CT molecular complexity index is 2280. The highest BCUT2D eigenvalue weighted by Crippen LogP contribution is 2.69. The number of amides is 7. The molecule has 7 amide bonds. The van der Waals surface area contributed by atoms with E-state index in [9.17, 15) is 126 Å². The highest BCUT2D eigenvalue weighted by atomic mass is 31.2. The molecule has 0 spiro atoms. The molecule has 2 atom stereocenters. The molecule has 0 saturated carbocycles. The van der Waals surface area contributed by atoms with Crippen LogP contribution in [0.25, 0.3) is 0 Å². The lowest BCUT2D eigenvalue weighted by Crippen LogP contribution is -2.56. The number of carboxylic acids is 1. The van der Waals surface area contributed by atoms with E-state index in [0.29, 0.717) is 10.5 Å². The van der Waals surface area contributed by atoms with E-state index in [2.05, 4.69) is 5.32 Å². The van der Waals surface area contributed by atoms with Gasteiger partial charge in [0.05, 0.1) is 12.6 Å². The second-order valence-electron chi connectivity index (χ2n) is 16.8. The lowest BCUT2D eigenvalue weighted by Gasteiger charge is -2.38. The number of aliphatic carboxylic acids is 1. The normalized spacial score (nSPS) is 17.0. The van der Waals surface area contributed by atoms with Crippen LogP contribution in [-0.4, -0.2) is 236 Å². The number of nitrogens with zero attached hydrogens (tertiary/aromatic N) is 5. The van der Waals surface area contributed by atoms with Gasteiger partial charge in [-0.3, -0.25) is 47.1 Å². The molecule has 1 aliphatic rings. The second-order valence-corrected chi connectivity index (χ2v) is 24.8. The summed E-state index contributed by atoms with van der Waals surface area (Å²) in [6.07, 6.45) is -8.64. The highest BCUT2D eigenvalue weighted by molar-refractivity contribution is 7.72. The third kappa shape index (κ3) is 19.2. The monoisotopic (exact) mass is 1140 g/mol. The zero-order valence-electron chi connectivity index (χ0n) is 39.2. The van der Waals surface area contributed by atoms with E-state index in [4.69, 9.17) is 0 Å². The number of hydrogen-bond acceptors (Lipinski definition) is 15. The van der Waals surface area contributed by atoms with Crippen LogP contribution in [0.4, 0.5) is 20.1 Å². The number of carbonyl (C=O) groups is 8. The Labute approximate surface area is 419 Å². The molecule has 2 rings (SSSR count). The molecule has 1 saturated heterocycles. The van der Waals surface area contributed by atoms with E-state index in [1.165, 1.54) is 36.1 Å². The zero-order valence-corrected chi connectivity index (χ0v) is 42.7. The van der Waals surface area contributed by atoms with Crippen molar-refractivity contribution in [2.24, 2.45) is 0 Å². The van der Waals surface area contributed by atoms with Crippen LogP contribution in [0.2, 0.25) is 0 Å². The quantitative estimate of drug-likeness (QED) is 0.0495. The van der Waals surface area contributed by atoms with Gasteiger partial charge in [-0.2, -0.15) is 0 Å². The summed E-state index contributed by atoms with van der Waals surface area (Å²) in [6, 6.07) is 3.85. The lowest BCUT2D eigenvalue weighted by molar-refractivity contribution is -0.139. The smallest absolute Gasteiger partial charge is 0.407 e. The Hall–Kier alpha value is -5.14. The summed E-state index contributed by atoms with van der Waals surface area (Å²) in [5, 5.41) is 58.2. The summed E-state index contributed by atoms with van der Waals surface area (Å²) in [5.74, 6) is -5.52. The number of anilines is 1. The summed E-state index contributed by atoms with van der Waals surface area (Å²) in [4.78, 5) is 180. The van der Waals surface area contributed by atoms with Crippen molar-refractivity contribution in [2.75, 3.05) is 77.3 Å². The number of nitrogens with one attached hydrogen (secondary N) is 3. The van der Waals surface area contributed by atoms with Gasteiger partial charge in [0.1, 0.15) is 13.1 Å². The molecule has 2 unspecified atom stereocenters. The highest BCUT2D eigenvalue weighted by Gasteiger charge is 2.60. The predicted octanol–water partition coefficient (Wildman–Crippen LogP) is -2.72. The Morgan fingerprint density at radius 1 is 0.622 bits per heavy atom. The first-order valence-corrected chi connectivity index (χ1v) is 28.1. The van der Waals surface area contributed by atoms with E-state index in [0.717, 1.165) is 14.7 Å². The van der Waals surface area contributed by atoms with Crippen molar-refractivity contribution < 1.29 is 126 Å². The van der Waals surface area contributed by atoms with E-state index >= 15 is 0 Å². The molecule has 0 radical (unpaired) electrons. The third-order valence-corrected chi connectivity index (χ3v) is 19.1. The SMILES string of the molecule is CC1CN(C(=O)O)CC(Cc2ccc(NC(=O)CCCC(=O)N(CC(=O)NCCC(O)(P(=O)(O)O)P(=O)(O)O)CC(=O)NCCC(O)(P(=O)(O)O)P(=O)(O)O)cc2)N(C(=O)O)CCN(C(=O)O)CCN1CC(=O)O. The fourth-order valence-electron chi connectivity index (χ4n) is 7.17. The van der Waals surface area contributed by atoms with Crippen molar-refractivity contribution in [2.45, 2.75) is 67.7 Å². The minimum Gasteiger partial charge on any atom is -0.480 e. The van der Waals surface area contributed by atoms with Crippen LogP contribution in [0.3, 0.4) is 0 Å². The molecule has 34 nitrogen and oxygen atoms in total. The van der Waals surface area contributed by atoms with Crippen LogP contribution >= 0.6 is 30.4 Å². The maximum absolute atomic E-state index is 13.3. The summed E-state index contributed by atoms with van der Waals surface area (Å²) < 4.78 is 46.7. The van der Waals surface area contributed by atoms with Crippen molar-refractivity contribution >= 4 is 83.9 Å². The summed E-state index contributed by atoms with van der Waals surface area (Å²) in [5.41, 5.74) is 0.587. The molecular weight excluding hydrogens is 1080 g/mol. The van der Waals surface area contributed by atoms with Crippen LogP contribution in [0, 0.1) is 0 Å². The van der Waals surface area contributed by atoms with Gasteiger partial charge in [-0.15, -0.1) is 0 Å². The minimum atomic E-state index is -5.94. The fourth-order valence-corrected chi connectivity index (χ4v) is 11.5. The molecule has 0 bridgehead atoms. The first-order chi connectivity index (χ1) is 33.8. The summed E-state index contributed by atoms with van der Waals surface area (Å²) >= 11 is 0. The zero-order chi connectivity index (χ0) is 56.8. The second kappa shape index (κ2) is 27.1. The van der Waals surface area contributed by atoms with Gasteiger partial charge in [-0.05, 0) is 37.5 Å². The fraction of sp³-hybridized carbons (Fsp3) is 0.611. The van der Waals surface area contributed by atoms with Gasteiger partial charge in [0, 0.05) is 89.8 Å². The maximum Gasteiger partial charge on any atom is 0.407 e. The molecule has 0 aliphatic carbocycles. The average molecular weight is 1140 g/mol. The Balaban J connectivity index is 2.24. The third-order valence-electron chi connectivity index (χ3n) is 11.3. The largest absolute Gasteiger partial charge is 0.480 e. The molecule has 1 aromatic rings. The Kier molecular flexibility index (Phi) is 23.8. The number of benzene rings is 1. The summed E-state index contributed by atoms with van der Waals surface area (Å²) in [6.45, 7) is -5.03. The maximum atomic E-state index is 13.3. The van der Waals surface area contributed by atoms with Gasteiger partial charge in [-0.25, -0.2) is 14.4 Å². The van der Waals surface area contributed by atoms with Gasteiger partial charge in [0.25, 0.3) is 10.2 Å². The Morgan fingerprint density at radius 2 is 1.08 bits per heavy atom. The van der Waals surface area contributed by atoms with Crippen LogP contribution < -0.4 is 16.0 Å². The number of carboxylic acid groups (broad SMARTS) is 4. The van der Waals surface area contributed by atoms with Crippen molar-refractivity contribution in [3.05, 3.63) is 29.8 Å². The van der Waals surface area contributed by atoms with Crippen molar-refractivity contribution in [3.63, 3.8) is 0 Å². The molecule has 1 heterocycles. The van der Waals surface area contributed by atoms with E-state index in [1.54, 1.807) is 0 Å². The van der Waals surface area contributed by atoms with Crippen LogP contribution in [0.5, 0.6) is 0 Å². The van der Waals surface area contributed by atoms with Gasteiger partial charge in [0.15, 0.2) is 0 Å². The van der Waals surface area contributed by atoms with Crippen LogP contribution in [0.15, 0.2) is 24.3 Å². The van der Waals surface area contributed by atoms with Crippen molar-refractivity contribution in [1.82, 2.24) is 35.1 Å². The van der Waals surface area contributed by atoms with E-state index in [1.807, 2.05) is 10.6 Å². The molecule has 38 heteroatoms. The molecule has 74 heavy (non-hydrogen) atoms. The standard InChI is InChI=1S/C36H60N8O26P4/c1-23-18-43(33(53)54)19-26(44(34(55)56)16-15-40(32(51)52)13-14-41(23)22-31(49)50)17-24-5-7-25(8-6-24)39-27(45)3-2-4-30(48)42(20-28(46)37-11-9-35(57,71(59,60)61)72(62,63)64)21-29(47)38-12-10-36(58,73(65,66)67)74(68,69)70/h5-8,23,26,57-58H,2-4,9-22H2,1H3,(H,37,46)(H,38,47)(H,39,45)(H,49,50)(H,51,52)(H,53,54)(H,55,56)(H2,59,60,61)(H2,62,63,64)(H2,65,66,67)(H2,68,69,70). The minimum absolute atomic E-state index is 0.0984. The molecule has 1 aromatic carbocycles. The Morgan fingerprint density at radius 3 is 1.50 bits per heavy atom. The number of aliphatic hydroxyl groups is 2. The topological polar surface area (TPSA) is 540 Å². The van der Waals surface area contributed by atoms with Gasteiger partial charge < -0.3 is 105 Å². The number of rotatable bonds is 23. The lowest BCUT2D eigenvalue weighted by atomic mass is 10.0.